The molecule has 0 aliphatic carbocycles. The van der Waals surface area contributed by atoms with Crippen molar-refractivity contribution < 1.29 is 32.6 Å². The van der Waals surface area contributed by atoms with Gasteiger partial charge in [0.15, 0.2) is 0 Å². The van der Waals surface area contributed by atoms with Gasteiger partial charge in [-0.2, -0.15) is 13.2 Å². The molecule has 3 aromatic carbocycles. The minimum absolute atomic E-state index is 0.108. The predicted molar refractivity (Wildman–Crippen MR) is 125 cm³/mol. The topological polar surface area (TPSA) is 66.8 Å². The van der Waals surface area contributed by atoms with Crippen molar-refractivity contribution in [2.24, 2.45) is 0 Å². The van der Waals surface area contributed by atoms with E-state index in [4.69, 9.17) is 4.74 Å². The van der Waals surface area contributed by atoms with Crippen molar-refractivity contribution in [3.8, 4) is 5.75 Å². The van der Waals surface area contributed by atoms with Crippen LogP contribution in [0.4, 0.5) is 18.9 Å². The number of aryl methyl sites for hydroxylation is 2. The lowest BCUT2D eigenvalue weighted by molar-refractivity contribution is -0.137. The van der Waals surface area contributed by atoms with Crippen LogP contribution in [0.5, 0.6) is 5.75 Å². The molecule has 3 aromatic rings. The highest BCUT2D eigenvalue weighted by Crippen LogP contribution is 2.43. The molecule has 35 heavy (non-hydrogen) atoms. The summed E-state index contributed by atoms with van der Waals surface area (Å²) in [7, 11) is 1.51. The normalized spacial score (nSPS) is 17.7. The van der Waals surface area contributed by atoms with Crippen molar-refractivity contribution in [2.45, 2.75) is 26.1 Å². The molecular formula is C27H22F3NO4. The summed E-state index contributed by atoms with van der Waals surface area (Å²) >= 11 is 0. The molecule has 1 amide bonds. The average molecular weight is 481 g/mol. The Kier molecular flexibility index (Phi) is 6.15. The molecule has 1 unspecified atom stereocenters. The van der Waals surface area contributed by atoms with Crippen molar-refractivity contribution in [3.05, 3.63) is 100 Å². The van der Waals surface area contributed by atoms with Gasteiger partial charge in [-0.1, -0.05) is 29.8 Å². The van der Waals surface area contributed by atoms with Crippen LogP contribution in [0, 0.1) is 13.8 Å². The van der Waals surface area contributed by atoms with E-state index >= 15 is 0 Å². The number of ether oxygens (including phenoxy) is 1. The number of benzene rings is 3. The SMILES string of the molecule is COc1ccc(/C(O)=C2/C(=O)C(=O)N(c3ccc(C(F)(F)F)cc3)C2c2cccc(C)c2)cc1C. The van der Waals surface area contributed by atoms with Crippen LogP contribution >= 0.6 is 0 Å². The quantitative estimate of drug-likeness (QED) is 0.284. The van der Waals surface area contributed by atoms with Gasteiger partial charge in [-0.25, -0.2) is 0 Å². The number of carbonyl (C=O) groups is 2. The van der Waals surface area contributed by atoms with E-state index in [-0.39, 0.29) is 17.0 Å². The highest BCUT2D eigenvalue weighted by atomic mass is 19.4. The molecule has 1 aliphatic rings. The van der Waals surface area contributed by atoms with E-state index in [1.807, 2.05) is 13.0 Å². The molecule has 1 N–H and O–H groups in total. The number of amides is 1. The first kappa shape index (κ1) is 24.1. The average Bonchev–Trinajstić information content (AvgIpc) is 3.08. The number of aliphatic hydroxyl groups excluding tert-OH is 1. The molecule has 0 saturated carbocycles. The summed E-state index contributed by atoms with van der Waals surface area (Å²) in [5.74, 6) is -1.66. The number of aliphatic hydroxyl groups is 1. The minimum Gasteiger partial charge on any atom is -0.507 e. The van der Waals surface area contributed by atoms with Crippen molar-refractivity contribution in [1.29, 1.82) is 0 Å². The molecule has 8 heteroatoms. The fraction of sp³-hybridized carbons (Fsp3) is 0.185. The second-order valence-corrected chi connectivity index (χ2v) is 8.31. The van der Waals surface area contributed by atoms with Gasteiger partial charge in [0.05, 0.1) is 24.3 Å². The van der Waals surface area contributed by atoms with Gasteiger partial charge < -0.3 is 9.84 Å². The first-order chi connectivity index (χ1) is 16.5. The van der Waals surface area contributed by atoms with Crippen LogP contribution in [-0.4, -0.2) is 23.9 Å². The molecule has 180 valence electrons. The van der Waals surface area contributed by atoms with Gasteiger partial charge in [-0.3, -0.25) is 14.5 Å². The lowest BCUT2D eigenvalue weighted by Crippen LogP contribution is -2.29. The van der Waals surface area contributed by atoms with E-state index < -0.39 is 29.5 Å². The zero-order valence-corrected chi connectivity index (χ0v) is 19.2. The number of methoxy groups -OCH3 is 1. The number of rotatable bonds is 4. The fourth-order valence-corrected chi connectivity index (χ4v) is 4.25. The summed E-state index contributed by atoms with van der Waals surface area (Å²) < 4.78 is 44.5. The number of alkyl halides is 3. The minimum atomic E-state index is -4.55. The first-order valence-electron chi connectivity index (χ1n) is 10.7. The Balaban J connectivity index is 1.91. The summed E-state index contributed by atoms with van der Waals surface area (Å²) in [4.78, 5) is 27.5. The van der Waals surface area contributed by atoms with Crippen LogP contribution < -0.4 is 9.64 Å². The van der Waals surface area contributed by atoms with Crippen molar-refractivity contribution >= 4 is 23.1 Å². The number of hydrogen-bond acceptors (Lipinski definition) is 4. The predicted octanol–water partition coefficient (Wildman–Crippen LogP) is 5.96. The second-order valence-electron chi connectivity index (χ2n) is 8.31. The zero-order valence-electron chi connectivity index (χ0n) is 19.2. The summed E-state index contributed by atoms with van der Waals surface area (Å²) in [5.41, 5.74) is 1.49. The van der Waals surface area contributed by atoms with Crippen molar-refractivity contribution in [1.82, 2.24) is 0 Å². The third-order valence-corrected chi connectivity index (χ3v) is 5.94. The summed E-state index contributed by atoms with van der Waals surface area (Å²) in [6, 6.07) is 14.9. The Bertz CT molecular complexity index is 1340. The molecule has 1 aliphatic heterocycles. The molecule has 1 saturated heterocycles. The van der Waals surface area contributed by atoms with E-state index in [9.17, 15) is 27.9 Å². The van der Waals surface area contributed by atoms with Crippen molar-refractivity contribution in [2.75, 3.05) is 12.0 Å². The zero-order chi connectivity index (χ0) is 25.5. The molecule has 5 nitrogen and oxygen atoms in total. The number of Topliss-reactive ketones (excluding diaryl/α,β-unsaturated/α-hetero) is 1. The number of hydrogen-bond donors (Lipinski definition) is 1. The summed E-state index contributed by atoms with van der Waals surface area (Å²) in [6.45, 7) is 3.61. The maximum absolute atomic E-state index is 13.2. The van der Waals surface area contributed by atoms with Gasteiger partial charge in [-0.15, -0.1) is 0 Å². The molecule has 4 rings (SSSR count). The third kappa shape index (κ3) is 4.39. The number of halogens is 3. The Morgan fingerprint density at radius 2 is 1.66 bits per heavy atom. The first-order valence-corrected chi connectivity index (χ1v) is 10.7. The second kappa shape index (κ2) is 8.94. The van der Waals surface area contributed by atoms with Crippen LogP contribution in [0.1, 0.15) is 33.9 Å². The summed E-state index contributed by atoms with van der Waals surface area (Å²) in [6.07, 6.45) is -4.55. The smallest absolute Gasteiger partial charge is 0.416 e. The fourth-order valence-electron chi connectivity index (χ4n) is 4.25. The van der Waals surface area contributed by atoms with Gasteiger partial charge in [0.1, 0.15) is 11.5 Å². The molecule has 0 bridgehead atoms. The number of carbonyl (C=O) groups excluding carboxylic acids is 2. The number of nitrogens with zero attached hydrogens (tertiary/aromatic N) is 1. The van der Waals surface area contributed by atoms with Crippen LogP contribution in [0.15, 0.2) is 72.3 Å². The number of ketones is 1. The molecule has 0 radical (unpaired) electrons. The Labute approximate surface area is 200 Å². The Morgan fingerprint density at radius 3 is 2.23 bits per heavy atom. The maximum Gasteiger partial charge on any atom is 0.416 e. The van der Waals surface area contributed by atoms with Gasteiger partial charge in [0, 0.05) is 11.3 Å². The Hall–Kier alpha value is -4.07. The van der Waals surface area contributed by atoms with E-state index in [2.05, 4.69) is 0 Å². The number of anilines is 1. The van der Waals surface area contributed by atoms with E-state index in [0.29, 0.717) is 22.4 Å². The van der Waals surface area contributed by atoms with Gasteiger partial charge in [0.25, 0.3) is 11.7 Å². The highest BCUT2D eigenvalue weighted by molar-refractivity contribution is 6.51. The van der Waals surface area contributed by atoms with Crippen molar-refractivity contribution in [3.63, 3.8) is 0 Å². The molecule has 1 heterocycles. The van der Waals surface area contributed by atoms with E-state index in [1.54, 1.807) is 43.3 Å². The van der Waals surface area contributed by atoms with E-state index in [1.165, 1.54) is 7.11 Å². The third-order valence-electron chi connectivity index (χ3n) is 5.94. The van der Waals surface area contributed by atoms with Gasteiger partial charge >= 0.3 is 6.18 Å². The van der Waals surface area contributed by atoms with Crippen LogP contribution in [-0.2, 0) is 15.8 Å². The van der Waals surface area contributed by atoms with Crippen LogP contribution in [0.2, 0.25) is 0 Å². The Morgan fingerprint density at radius 1 is 0.971 bits per heavy atom. The molecular weight excluding hydrogens is 459 g/mol. The largest absolute Gasteiger partial charge is 0.507 e. The van der Waals surface area contributed by atoms with Gasteiger partial charge in [-0.05, 0) is 67.4 Å². The molecule has 0 spiro atoms. The molecule has 0 aromatic heterocycles. The standard InChI is InChI=1S/C27H22F3NO4/c1-15-5-4-6-17(13-15)23-22(24(32)18-7-12-21(35-3)16(2)14-18)25(33)26(34)31(23)20-10-8-19(9-11-20)27(28,29)30/h4-14,23,32H,1-3H3/b24-22-. The van der Waals surface area contributed by atoms with E-state index in [0.717, 1.165) is 34.7 Å². The van der Waals surface area contributed by atoms with Crippen LogP contribution in [0.25, 0.3) is 5.76 Å². The molecule has 1 fully saturated rings. The summed E-state index contributed by atoms with van der Waals surface area (Å²) in [5, 5.41) is 11.2. The lowest BCUT2D eigenvalue weighted by atomic mass is 9.93. The van der Waals surface area contributed by atoms with Gasteiger partial charge in [0.2, 0.25) is 0 Å². The lowest BCUT2D eigenvalue weighted by Gasteiger charge is -2.26. The monoisotopic (exact) mass is 481 g/mol. The molecule has 1 atom stereocenters. The maximum atomic E-state index is 13.2. The van der Waals surface area contributed by atoms with Crippen LogP contribution in [0.3, 0.4) is 0 Å². The highest BCUT2D eigenvalue weighted by Gasteiger charge is 2.47.